The van der Waals surface area contributed by atoms with Crippen molar-refractivity contribution in [3.8, 4) is 0 Å². The molecule has 1 aromatic rings. The van der Waals surface area contributed by atoms with E-state index < -0.39 is 0 Å². The van der Waals surface area contributed by atoms with Gasteiger partial charge in [-0.05, 0) is 19.3 Å². The van der Waals surface area contributed by atoms with E-state index in [1.165, 1.54) is 11.4 Å². The van der Waals surface area contributed by atoms with Gasteiger partial charge in [0.2, 0.25) is 5.91 Å². The van der Waals surface area contributed by atoms with Crippen LogP contribution in [0.4, 0.5) is 0 Å². The van der Waals surface area contributed by atoms with Gasteiger partial charge in [-0.25, -0.2) is 4.98 Å². The van der Waals surface area contributed by atoms with Crippen molar-refractivity contribution in [2.24, 2.45) is 11.8 Å². The molecule has 2 atom stereocenters. The first-order valence-electron chi connectivity index (χ1n) is 8.43. The molecule has 0 bridgehead atoms. The van der Waals surface area contributed by atoms with Crippen molar-refractivity contribution in [2.75, 3.05) is 26.8 Å². The number of ether oxygens (including phenoxy) is 1. The van der Waals surface area contributed by atoms with Gasteiger partial charge in [-0.2, -0.15) is 0 Å². The molecule has 2 heterocycles. The molecule has 122 valence electrons. The molecule has 1 saturated heterocycles. The first-order chi connectivity index (χ1) is 10.6. The van der Waals surface area contributed by atoms with Crippen LogP contribution < -0.4 is 0 Å². The first-order valence-corrected chi connectivity index (χ1v) is 8.43. The zero-order valence-corrected chi connectivity index (χ0v) is 13.9. The molecule has 22 heavy (non-hydrogen) atoms. The van der Waals surface area contributed by atoms with Crippen molar-refractivity contribution >= 4 is 5.91 Å². The van der Waals surface area contributed by atoms with Crippen molar-refractivity contribution in [3.63, 3.8) is 0 Å². The fourth-order valence-corrected chi connectivity index (χ4v) is 3.65. The van der Waals surface area contributed by atoms with E-state index in [0.29, 0.717) is 17.7 Å². The van der Waals surface area contributed by atoms with Gasteiger partial charge in [0.25, 0.3) is 0 Å². The Balaban J connectivity index is 1.63. The van der Waals surface area contributed by atoms with Gasteiger partial charge >= 0.3 is 0 Å². The smallest absolute Gasteiger partial charge is 0.226 e. The van der Waals surface area contributed by atoms with Crippen LogP contribution in [0, 0.1) is 11.8 Å². The van der Waals surface area contributed by atoms with Gasteiger partial charge in [0.1, 0.15) is 5.82 Å². The molecule has 1 aliphatic carbocycles. The van der Waals surface area contributed by atoms with Crippen LogP contribution in [0.5, 0.6) is 0 Å². The van der Waals surface area contributed by atoms with Gasteiger partial charge in [0.05, 0.1) is 12.3 Å². The maximum atomic E-state index is 12.8. The average Bonchev–Trinajstić information content (AvgIpc) is 3.12. The maximum Gasteiger partial charge on any atom is 0.226 e. The highest BCUT2D eigenvalue weighted by Crippen LogP contribution is 2.28. The van der Waals surface area contributed by atoms with E-state index in [9.17, 15) is 4.79 Å². The zero-order valence-electron chi connectivity index (χ0n) is 13.9. The molecule has 1 amide bonds. The molecule has 2 aliphatic rings. The van der Waals surface area contributed by atoms with Crippen LogP contribution in [-0.2, 0) is 22.4 Å². The number of carbonyl (C=O) groups is 1. The van der Waals surface area contributed by atoms with Crippen LogP contribution >= 0.6 is 0 Å². The van der Waals surface area contributed by atoms with E-state index in [4.69, 9.17) is 4.74 Å². The van der Waals surface area contributed by atoms with Crippen molar-refractivity contribution in [1.29, 1.82) is 0 Å². The first kappa shape index (κ1) is 15.5. The standard InChI is InChI=1S/C17H27N3O2/c1-11(2)16-18-14-5-4-13(8-15(14)19-16)17(21)20-7-6-12(9-20)10-22-3/h11-13H,4-10H2,1-3H3,(H,18,19)/t12-,13-/m0/s1. The lowest BCUT2D eigenvalue weighted by Crippen LogP contribution is -2.37. The fraction of sp³-hybridized carbons (Fsp3) is 0.765. The minimum absolute atomic E-state index is 0.120. The van der Waals surface area contributed by atoms with E-state index in [1.54, 1.807) is 7.11 Å². The number of likely N-dealkylation sites (tertiary alicyclic amines) is 1. The summed E-state index contributed by atoms with van der Waals surface area (Å²) in [6.45, 7) is 6.80. The molecule has 0 spiro atoms. The SMILES string of the molecule is COC[C@H]1CCN(C(=O)[C@H]2CCc3nc(C(C)C)[nH]c3C2)C1. The van der Waals surface area contributed by atoms with Gasteiger partial charge < -0.3 is 14.6 Å². The number of aromatic amines is 1. The molecule has 0 radical (unpaired) electrons. The Bertz CT molecular complexity index is 538. The molecule has 0 saturated carbocycles. The average molecular weight is 305 g/mol. The Kier molecular flexibility index (Phi) is 4.52. The minimum Gasteiger partial charge on any atom is -0.384 e. The number of rotatable bonds is 4. The molecular formula is C17H27N3O2. The lowest BCUT2D eigenvalue weighted by Gasteiger charge is -2.26. The van der Waals surface area contributed by atoms with E-state index in [1.807, 2.05) is 4.90 Å². The highest BCUT2D eigenvalue weighted by Gasteiger charge is 2.33. The number of nitrogens with one attached hydrogen (secondary N) is 1. The molecule has 1 fully saturated rings. The number of imidazole rings is 1. The second kappa shape index (κ2) is 6.41. The third-order valence-corrected chi connectivity index (χ3v) is 4.96. The van der Waals surface area contributed by atoms with Gasteiger partial charge in [0, 0.05) is 50.1 Å². The molecule has 5 nitrogen and oxygen atoms in total. The van der Waals surface area contributed by atoms with Crippen LogP contribution in [0.15, 0.2) is 0 Å². The second-order valence-electron chi connectivity index (χ2n) is 7.04. The third-order valence-electron chi connectivity index (χ3n) is 4.96. The topological polar surface area (TPSA) is 58.2 Å². The van der Waals surface area contributed by atoms with Gasteiger partial charge in [-0.3, -0.25) is 4.79 Å². The summed E-state index contributed by atoms with van der Waals surface area (Å²) in [4.78, 5) is 22.9. The summed E-state index contributed by atoms with van der Waals surface area (Å²) >= 11 is 0. The Morgan fingerprint density at radius 1 is 1.45 bits per heavy atom. The Morgan fingerprint density at radius 2 is 2.27 bits per heavy atom. The Labute approximate surface area is 132 Å². The van der Waals surface area contributed by atoms with Crippen molar-refractivity contribution in [3.05, 3.63) is 17.2 Å². The molecule has 3 rings (SSSR count). The van der Waals surface area contributed by atoms with E-state index >= 15 is 0 Å². The highest BCUT2D eigenvalue weighted by atomic mass is 16.5. The lowest BCUT2D eigenvalue weighted by molar-refractivity contribution is -0.135. The number of fused-ring (bicyclic) bond motifs is 1. The number of hydrogen-bond donors (Lipinski definition) is 1. The van der Waals surface area contributed by atoms with Gasteiger partial charge in [-0.1, -0.05) is 13.8 Å². The summed E-state index contributed by atoms with van der Waals surface area (Å²) in [6.07, 6.45) is 3.74. The number of methoxy groups -OCH3 is 1. The number of aryl methyl sites for hydroxylation is 1. The second-order valence-corrected chi connectivity index (χ2v) is 7.04. The summed E-state index contributed by atoms with van der Waals surface area (Å²) in [6, 6.07) is 0. The van der Waals surface area contributed by atoms with Crippen molar-refractivity contribution < 1.29 is 9.53 Å². The number of aromatic nitrogens is 2. The van der Waals surface area contributed by atoms with Crippen LogP contribution in [0.1, 0.15) is 49.8 Å². The third kappa shape index (κ3) is 3.05. The normalized spacial score (nSPS) is 24.8. The number of amides is 1. The quantitative estimate of drug-likeness (QED) is 0.927. The minimum atomic E-state index is 0.120. The summed E-state index contributed by atoms with van der Waals surface area (Å²) in [5, 5.41) is 0. The number of nitrogens with zero attached hydrogens (tertiary/aromatic N) is 2. The Morgan fingerprint density at radius 3 is 3.00 bits per heavy atom. The van der Waals surface area contributed by atoms with Crippen molar-refractivity contribution in [2.45, 2.75) is 45.4 Å². The molecule has 1 N–H and O–H groups in total. The molecule has 0 unspecified atom stereocenters. The highest BCUT2D eigenvalue weighted by molar-refractivity contribution is 5.79. The fourth-order valence-electron chi connectivity index (χ4n) is 3.65. The van der Waals surface area contributed by atoms with Gasteiger partial charge in [-0.15, -0.1) is 0 Å². The number of hydrogen-bond acceptors (Lipinski definition) is 3. The monoisotopic (exact) mass is 305 g/mol. The van der Waals surface area contributed by atoms with Crippen LogP contribution in [0.25, 0.3) is 0 Å². The summed E-state index contributed by atoms with van der Waals surface area (Å²) in [7, 11) is 1.73. The van der Waals surface area contributed by atoms with Crippen LogP contribution in [0.2, 0.25) is 0 Å². The predicted octanol–water partition coefficient (Wildman–Crippen LogP) is 2.13. The molecule has 5 heteroatoms. The number of carbonyl (C=O) groups excluding carboxylic acids is 1. The predicted molar refractivity (Wildman–Crippen MR) is 84.8 cm³/mol. The van der Waals surface area contributed by atoms with E-state index in [-0.39, 0.29) is 5.92 Å². The van der Waals surface area contributed by atoms with Gasteiger partial charge in [0.15, 0.2) is 0 Å². The Hall–Kier alpha value is -1.36. The lowest BCUT2D eigenvalue weighted by atomic mass is 9.89. The molecule has 1 aromatic heterocycles. The van der Waals surface area contributed by atoms with Crippen LogP contribution in [-0.4, -0.2) is 47.6 Å². The van der Waals surface area contributed by atoms with Crippen molar-refractivity contribution in [1.82, 2.24) is 14.9 Å². The summed E-state index contributed by atoms with van der Waals surface area (Å²) in [5.74, 6) is 2.42. The molecule has 0 aromatic carbocycles. The summed E-state index contributed by atoms with van der Waals surface area (Å²) < 4.78 is 5.22. The largest absolute Gasteiger partial charge is 0.384 e. The van der Waals surface area contributed by atoms with E-state index in [2.05, 4.69) is 23.8 Å². The zero-order chi connectivity index (χ0) is 15.7. The molecule has 1 aliphatic heterocycles. The maximum absolute atomic E-state index is 12.8. The van der Waals surface area contributed by atoms with Crippen LogP contribution in [0.3, 0.4) is 0 Å². The molecular weight excluding hydrogens is 278 g/mol. The van der Waals surface area contributed by atoms with E-state index in [0.717, 1.165) is 51.2 Å². The number of H-pyrrole nitrogens is 1. The summed E-state index contributed by atoms with van der Waals surface area (Å²) in [5.41, 5.74) is 2.35.